The zero-order chi connectivity index (χ0) is 14.6. The molecule has 1 aromatic rings. The molecular weight excluding hydrogens is 272 g/mol. The fourth-order valence-corrected chi connectivity index (χ4v) is 4.32. The van der Waals surface area contributed by atoms with E-state index in [-0.39, 0.29) is 6.04 Å². The minimum Gasteiger partial charge on any atom is -0.314 e. The molecule has 0 aromatic heterocycles. The van der Waals surface area contributed by atoms with Crippen LogP contribution in [0.2, 0.25) is 0 Å². The number of nitrogens with one attached hydrogen (secondary N) is 1. The highest BCUT2D eigenvalue weighted by Crippen LogP contribution is 2.26. The van der Waals surface area contributed by atoms with Crippen molar-refractivity contribution in [3.05, 3.63) is 30.3 Å². The van der Waals surface area contributed by atoms with E-state index < -0.39 is 10.0 Å². The van der Waals surface area contributed by atoms with Gasteiger partial charge in [-0.3, -0.25) is 0 Å². The number of rotatable bonds is 5. The highest BCUT2D eigenvalue weighted by Gasteiger charge is 2.31. The van der Waals surface area contributed by atoms with Crippen LogP contribution in [0.4, 0.5) is 0 Å². The zero-order valence-corrected chi connectivity index (χ0v) is 13.1. The van der Waals surface area contributed by atoms with Crippen molar-refractivity contribution in [1.29, 1.82) is 0 Å². The van der Waals surface area contributed by atoms with Crippen LogP contribution in [0.1, 0.15) is 32.6 Å². The molecular formula is C15H24N2O2S. The van der Waals surface area contributed by atoms with E-state index in [1.165, 1.54) is 0 Å². The van der Waals surface area contributed by atoms with E-state index in [0.717, 1.165) is 32.2 Å². The molecule has 0 spiro atoms. The summed E-state index contributed by atoms with van der Waals surface area (Å²) in [7, 11) is -1.65. The van der Waals surface area contributed by atoms with Gasteiger partial charge in [-0.05, 0) is 44.4 Å². The molecule has 0 saturated heterocycles. The van der Waals surface area contributed by atoms with Crippen LogP contribution in [-0.4, -0.2) is 38.4 Å². The molecule has 0 bridgehead atoms. The average molecular weight is 296 g/mol. The molecule has 1 saturated carbocycles. The standard InChI is InChI=1S/C15H24N2O2S/c1-3-16-13-9-11-14(12-10-13)17(2)20(18,19)15-7-5-4-6-8-15/h4-8,13-14,16H,3,9-12H2,1-2H3. The van der Waals surface area contributed by atoms with Gasteiger partial charge in [-0.25, -0.2) is 8.42 Å². The third kappa shape index (κ3) is 3.40. The first-order valence-corrected chi connectivity index (χ1v) is 8.76. The first-order valence-electron chi connectivity index (χ1n) is 7.32. The molecule has 0 heterocycles. The normalized spacial score (nSPS) is 23.9. The maximum absolute atomic E-state index is 12.5. The van der Waals surface area contributed by atoms with Crippen molar-refractivity contribution in [2.75, 3.05) is 13.6 Å². The van der Waals surface area contributed by atoms with Crippen LogP contribution in [0.25, 0.3) is 0 Å². The number of benzene rings is 1. The van der Waals surface area contributed by atoms with E-state index in [1.54, 1.807) is 35.6 Å². The summed E-state index contributed by atoms with van der Waals surface area (Å²) in [4.78, 5) is 0.385. The molecule has 0 amide bonds. The summed E-state index contributed by atoms with van der Waals surface area (Å²) < 4.78 is 26.7. The number of sulfonamides is 1. The molecule has 4 nitrogen and oxygen atoms in total. The van der Waals surface area contributed by atoms with Crippen molar-refractivity contribution >= 4 is 10.0 Å². The quantitative estimate of drug-likeness (QED) is 0.906. The lowest BCUT2D eigenvalue weighted by molar-refractivity contribution is 0.251. The van der Waals surface area contributed by atoms with Crippen LogP contribution in [0.15, 0.2) is 35.2 Å². The molecule has 0 unspecified atom stereocenters. The van der Waals surface area contributed by atoms with Crippen LogP contribution < -0.4 is 5.32 Å². The Hall–Kier alpha value is -0.910. The lowest BCUT2D eigenvalue weighted by Gasteiger charge is -2.34. The number of nitrogens with zero attached hydrogens (tertiary/aromatic N) is 1. The highest BCUT2D eigenvalue weighted by atomic mass is 32.2. The second-order valence-corrected chi connectivity index (χ2v) is 7.39. The van der Waals surface area contributed by atoms with Gasteiger partial charge >= 0.3 is 0 Å². The Kier molecular flexibility index (Phi) is 5.18. The molecule has 1 aliphatic carbocycles. The van der Waals surface area contributed by atoms with Gasteiger partial charge in [-0.1, -0.05) is 25.1 Å². The Labute approximate surface area is 122 Å². The van der Waals surface area contributed by atoms with Crippen LogP contribution in [0.3, 0.4) is 0 Å². The smallest absolute Gasteiger partial charge is 0.243 e. The molecule has 1 aliphatic rings. The predicted molar refractivity (Wildman–Crippen MR) is 81.1 cm³/mol. The Morgan fingerprint density at radius 1 is 1.15 bits per heavy atom. The van der Waals surface area contributed by atoms with Crippen molar-refractivity contribution in [3.63, 3.8) is 0 Å². The van der Waals surface area contributed by atoms with Crippen LogP contribution in [0.5, 0.6) is 0 Å². The van der Waals surface area contributed by atoms with Crippen molar-refractivity contribution < 1.29 is 8.42 Å². The highest BCUT2D eigenvalue weighted by molar-refractivity contribution is 7.89. The number of hydrogen-bond donors (Lipinski definition) is 1. The van der Waals surface area contributed by atoms with Gasteiger partial charge in [0.15, 0.2) is 0 Å². The fourth-order valence-electron chi connectivity index (χ4n) is 2.89. The molecule has 0 atom stereocenters. The Bertz CT molecular complexity index is 508. The van der Waals surface area contributed by atoms with E-state index in [4.69, 9.17) is 0 Å². The van der Waals surface area contributed by atoms with Crippen LogP contribution in [-0.2, 0) is 10.0 Å². The summed E-state index contributed by atoms with van der Waals surface area (Å²) in [5.74, 6) is 0. The summed E-state index contributed by atoms with van der Waals surface area (Å²) in [6, 6.07) is 9.36. The minimum atomic E-state index is -3.36. The van der Waals surface area contributed by atoms with Gasteiger partial charge < -0.3 is 5.32 Å². The van der Waals surface area contributed by atoms with Gasteiger partial charge in [0.2, 0.25) is 10.0 Å². The summed E-state index contributed by atoms with van der Waals surface area (Å²) in [6.45, 7) is 3.09. The van der Waals surface area contributed by atoms with Gasteiger partial charge in [0.1, 0.15) is 0 Å². The predicted octanol–water partition coefficient (Wildman–Crippen LogP) is 2.23. The summed E-state index contributed by atoms with van der Waals surface area (Å²) in [5, 5.41) is 3.45. The number of hydrogen-bond acceptors (Lipinski definition) is 3. The fraction of sp³-hybridized carbons (Fsp3) is 0.600. The second kappa shape index (κ2) is 6.70. The topological polar surface area (TPSA) is 49.4 Å². The molecule has 0 radical (unpaired) electrons. The lowest BCUT2D eigenvalue weighted by Crippen LogP contribution is -2.43. The van der Waals surface area contributed by atoms with Crippen molar-refractivity contribution in [3.8, 4) is 0 Å². The summed E-state index contributed by atoms with van der Waals surface area (Å²) in [5.41, 5.74) is 0. The molecule has 1 aromatic carbocycles. The second-order valence-electron chi connectivity index (χ2n) is 5.40. The van der Waals surface area contributed by atoms with Crippen LogP contribution >= 0.6 is 0 Å². The van der Waals surface area contributed by atoms with E-state index in [2.05, 4.69) is 12.2 Å². The van der Waals surface area contributed by atoms with Gasteiger partial charge in [0, 0.05) is 19.1 Å². The Morgan fingerprint density at radius 3 is 2.30 bits per heavy atom. The van der Waals surface area contributed by atoms with Gasteiger partial charge in [0.05, 0.1) is 4.90 Å². The average Bonchev–Trinajstić information content (AvgIpc) is 2.48. The Balaban J connectivity index is 2.03. The van der Waals surface area contributed by atoms with Crippen molar-refractivity contribution in [2.45, 2.75) is 49.6 Å². The van der Waals surface area contributed by atoms with Crippen LogP contribution in [0, 0.1) is 0 Å². The zero-order valence-electron chi connectivity index (χ0n) is 12.2. The van der Waals surface area contributed by atoms with Gasteiger partial charge in [-0.2, -0.15) is 4.31 Å². The third-order valence-electron chi connectivity index (χ3n) is 4.12. The van der Waals surface area contributed by atoms with Gasteiger partial charge in [0.25, 0.3) is 0 Å². The molecule has 1 N–H and O–H groups in total. The maximum Gasteiger partial charge on any atom is 0.243 e. The first kappa shape index (κ1) is 15.5. The lowest BCUT2D eigenvalue weighted by atomic mass is 9.91. The van der Waals surface area contributed by atoms with Crippen molar-refractivity contribution in [1.82, 2.24) is 9.62 Å². The molecule has 20 heavy (non-hydrogen) atoms. The minimum absolute atomic E-state index is 0.120. The molecule has 0 aliphatic heterocycles. The summed E-state index contributed by atoms with van der Waals surface area (Å²) in [6.07, 6.45) is 3.96. The summed E-state index contributed by atoms with van der Waals surface area (Å²) >= 11 is 0. The SMILES string of the molecule is CCNC1CCC(N(C)S(=O)(=O)c2ccccc2)CC1. The Morgan fingerprint density at radius 2 is 1.75 bits per heavy atom. The van der Waals surface area contributed by atoms with E-state index >= 15 is 0 Å². The third-order valence-corrected chi connectivity index (χ3v) is 6.05. The van der Waals surface area contributed by atoms with E-state index in [1.807, 2.05) is 6.07 Å². The van der Waals surface area contributed by atoms with E-state index in [9.17, 15) is 8.42 Å². The molecule has 1 fully saturated rings. The van der Waals surface area contributed by atoms with E-state index in [0.29, 0.717) is 10.9 Å². The largest absolute Gasteiger partial charge is 0.314 e. The van der Waals surface area contributed by atoms with Gasteiger partial charge in [-0.15, -0.1) is 0 Å². The van der Waals surface area contributed by atoms with Crippen molar-refractivity contribution in [2.24, 2.45) is 0 Å². The molecule has 112 valence electrons. The monoisotopic (exact) mass is 296 g/mol. The molecule has 2 rings (SSSR count). The maximum atomic E-state index is 12.5. The first-order chi connectivity index (χ1) is 9.55. The molecule has 5 heteroatoms.